The molecule has 204 valence electrons. The number of nitrogens with zero attached hydrogens (tertiary/aromatic N) is 2. The number of carbonyl (C=O) groups excluding carboxylic acids is 1. The maximum Gasteiger partial charge on any atom is 0.459 e. The summed E-state index contributed by atoms with van der Waals surface area (Å²) in [5.41, 5.74) is -1.74. The number of ether oxygens (including phenoxy) is 2. The first-order valence-electron chi connectivity index (χ1n) is 11.4. The molecule has 2 aromatic rings. The lowest BCUT2D eigenvalue weighted by Crippen LogP contribution is -2.43. The van der Waals surface area contributed by atoms with Crippen LogP contribution in [0.4, 0.5) is 10.2 Å². The SMILES string of the molecule is CC(C)OC(=O)[C@H](C)NP(=O)(OC[C@H]1O[C@@H](n2ccc(NO)nc2=O)[C@](C)(F)[C@@H]1O)Oc1ccccc1. The first-order valence-corrected chi connectivity index (χ1v) is 12.9. The van der Waals surface area contributed by atoms with Crippen molar-refractivity contribution in [2.24, 2.45) is 0 Å². The molecule has 37 heavy (non-hydrogen) atoms. The van der Waals surface area contributed by atoms with Crippen LogP contribution in [-0.2, 0) is 23.4 Å². The summed E-state index contributed by atoms with van der Waals surface area (Å²) in [5, 5.41) is 22.0. The molecule has 1 aromatic carbocycles. The van der Waals surface area contributed by atoms with Gasteiger partial charge in [0, 0.05) is 6.20 Å². The maximum absolute atomic E-state index is 15.5. The van der Waals surface area contributed by atoms with E-state index in [1.807, 2.05) is 0 Å². The van der Waals surface area contributed by atoms with E-state index in [4.69, 9.17) is 23.7 Å². The zero-order valence-electron chi connectivity index (χ0n) is 20.6. The van der Waals surface area contributed by atoms with E-state index in [0.717, 1.165) is 17.7 Å². The number of anilines is 1. The van der Waals surface area contributed by atoms with Crippen LogP contribution in [0.1, 0.15) is 33.9 Å². The third-order valence-corrected chi connectivity index (χ3v) is 6.99. The molecule has 1 aromatic heterocycles. The number of benzene rings is 1. The number of esters is 1. The largest absolute Gasteiger partial charge is 0.462 e. The predicted octanol–water partition coefficient (Wildman–Crippen LogP) is 2.16. The third-order valence-electron chi connectivity index (χ3n) is 5.35. The number of rotatable bonds is 11. The predicted molar refractivity (Wildman–Crippen MR) is 128 cm³/mol. The molecule has 1 unspecified atom stereocenters. The van der Waals surface area contributed by atoms with Crippen molar-refractivity contribution in [3.8, 4) is 5.75 Å². The van der Waals surface area contributed by atoms with Gasteiger partial charge in [0.25, 0.3) is 0 Å². The van der Waals surface area contributed by atoms with E-state index in [1.54, 1.807) is 37.5 Å². The fourth-order valence-electron chi connectivity index (χ4n) is 3.51. The fraction of sp³-hybridized carbons (Fsp3) is 0.500. The normalized spacial score (nSPS) is 25.9. The van der Waals surface area contributed by atoms with Crippen LogP contribution in [0.2, 0.25) is 0 Å². The molecule has 1 aliphatic rings. The minimum atomic E-state index is -4.31. The van der Waals surface area contributed by atoms with Crippen LogP contribution in [-0.4, -0.2) is 62.5 Å². The molecule has 3 rings (SSSR count). The number of carbonyl (C=O) groups is 1. The van der Waals surface area contributed by atoms with Crippen molar-refractivity contribution in [3.05, 3.63) is 53.1 Å². The van der Waals surface area contributed by atoms with Crippen molar-refractivity contribution in [2.45, 2.75) is 63.9 Å². The van der Waals surface area contributed by atoms with Crippen LogP contribution in [0.5, 0.6) is 5.75 Å². The summed E-state index contributed by atoms with van der Waals surface area (Å²) in [6.45, 7) is 5.08. The highest BCUT2D eigenvalue weighted by Crippen LogP contribution is 2.47. The van der Waals surface area contributed by atoms with Crippen molar-refractivity contribution in [3.63, 3.8) is 0 Å². The average molecular weight is 544 g/mol. The Morgan fingerprint density at radius 2 is 1.97 bits per heavy atom. The molecule has 4 N–H and O–H groups in total. The van der Waals surface area contributed by atoms with Gasteiger partial charge in [0.2, 0.25) is 0 Å². The summed E-state index contributed by atoms with van der Waals surface area (Å²) in [7, 11) is -4.31. The number of alkyl halides is 1. The second-order valence-electron chi connectivity index (χ2n) is 8.77. The molecule has 0 aliphatic carbocycles. The number of aliphatic hydroxyl groups is 1. The summed E-state index contributed by atoms with van der Waals surface area (Å²) in [6.07, 6.45) is -4.12. The van der Waals surface area contributed by atoms with Gasteiger partial charge in [-0.1, -0.05) is 18.2 Å². The van der Waals surface area contributed by atoms with Gasteiger partial charge < -0.3 is 19.1 Å². The summed E-state index contributed by atoms with van der Waals surface area (Å²) >= 11 is 0. The van der Waals surface area contributed by atoms with E-state index in [2.05, 4.69) is 10.1 Å². The van der Waals surface area contributed by atoms with Gasteiger partial charge in [-0.15, -0.1) is 0 Å². The number of nitrogens with one attached hydrogen (secondary N) is 2. The van der Waals surface area contributed by atoms with Crippen LogP contribution < -0.4 is 20.8 Å². The number of aliphatic hydroxyl groups excluding tert-OH is 1. The third kappa shape index (κ3) is 6.92. The lowest BCUT2D eigenvalue weighted by Gasteiger charge is -2.25. The summed E-state index contributed by atoms with van der Waals surface area (Å²) in [4.78, 5) is 28.1. The van der Waals surface area contributed by atoms with E-state index < -0.39 is 62.3 Å². The van der Waals surface area contributed by atoms with Gasteiger partial charge in [0.1, 0.15) is 24.0 Å². The van der Waals surface area contributed by atoms with Crippen LogP contribution in [0.3, 0.4) is 0 Å². The fourth-order valence-corrected chi connectivity index (χ4v) is 5.01. The van der Waals surface area contributed by atoms with E-state index in [0.29, 0.717) is 0 Å². The number of hydrogen-bond donors (Lipinski definition) is 4. The second-order valence-corrected chi connectivity index (χ2v) is 10.5. The Morgan fingerprint density at radius 3 is 2.57 bits per heavy atom. The second kappa shape index (κ2) is 11.7. The standard InChI is InChI=1S/C22H30FN4O9P/c1-13(2)34-19(29)14(3)26-37(32,36-15-8-6-5-7-9-15)33-12-16-18(28)22(4,23)20(35-16)27-11-10-17(25-31)24-21(27)30/h5-11,13-14,16,18,20,28,31H,12H2,1-4H3,(H,26,32)(H,24,25,30)/t14-,16+,18+,20+,22+,37?/m0/s1. The molecule has 0 bridgehead atoms. The Labute approximate surface area is 212 Å². The van der Waals surface area contributed by atoms with E-state index >= 15 is 4.39 Å². The summed E-state index contributed by atoms with van der Waals surface area (Å²) in [5.74, 6) is -0.730. The van der Waals surface area contributed by atoms with Gasteiger partial charge in [-0.3, -0.25) is 24.6 Å². The molecule has 2 heterocycles. The zero-order valence-corrected chi connectivity index (χ0v) is 21.5. The molecular formula is C22H30FN4O9P. The van der Waals surface area contributed by atoms with Crippen molar-refractivity contribution in [1.29, 1.82) is 0 Å². The average Bonchev–Trinajstić information content (AvgIpc) is 3.06. The highest BCUT2D eigenvalue weighted by molar-refractivity contribution is 7.52. The highest BCUT2D eigenvalue weighted by atomic mass is 31.2. The molecule has 0 radical (unpaired) electrons. The quantitative estimate of drug-likeness (QED) is 0.185. The van der Waals surface area contributed by atoms with Crippen LogP contribution >= 0.6 is 7.75 Å². The Kier molecular flexibility index (Phi) is 9.05. The van der Waals surface area contributed by atoms with Gasteiger partial charge in [0.05, 0.1) is 12.7 Å². The first-order chi connectivity index (χ1) is 17.4. The summed E-state index contributed by atoms with van der Waals surface area (Å²) in [6, 6.07) is 8.06. The summed E-state index contributed by atoms with van der Waals surface area (Å²) < 4.78 is 51.6. The minimum Gasteiger partial charge on any atom is -0.462 e. The number of hydrogen-bond acceptors (Lipinski definition) is 11. The van der Waals surface area contributed by atoms with Crippen molar-refractivity contribution in [1.82, 2.24) is 14.6 Å². The Balaban J connectivity index is 1.79. The first kappa shape index (κ1) is 28.7. The maximum atomic E-state index is 15.5. The van der Waals surface area contributed by atoms with Crippen molar-refractivity contribution in [2.75, 3.05) is 12.1 Å². The van der Waals surface area contributed by atoms with Crippen LogP contribution in [0.15, 0.2) is 47.4 Å². The minimum absolute atomic E-state index is 0.152. The number of para-hydroxylation sites is 1. The van der Waals surface area contributed by atoms with E-state index in [1.165, 1.54) is 25.1 Å². The van der Waals surface area contributed by atoms with Gasteiger partial charge >= 0.3 is 19.4 Å². The number of aromatic nitrogens is 2. The molecule has 1 saturated heterocycles. The molecule has 1 aliphatic heterocycles. The van der Waals surface area contributed by atoms with Gasteiger partial charge in [-0.05, 0) is 45.9 Å². The van der Waals surface area contributed by atoms with Gasteiger partial charge in [-0.2, -0.15) is 10.1 Å². The zero-order chi connectivity index (χ0) is 27.4. The van der Waals surface area contributed by atoms with Gasteiger partial charge in [-0.25, -0.2) is 13.8 Å². The molecule has 13 nitrogen and oxygen atoms in total. The number of halogens is 1. The lowest BCUT2D eigenvalue weighted by molar-refractivity contribution is -0.149. The lowest BCUT2D eigenvalue weighted by atomic mass is 9.98. The van der Waals surface area contributed by atoms with Crippen molar-refractivity contribution < 1.29 is 42.6 Å². The Bertz CT molecular complexity index is 1180. The molecule has 6 atom stereocenters. The van der Waals surface area contributed by atoms with Crippen LogP contribution in [0.25, 0.3) is 0 Å². The van der Waals surface area contributed by atoms with Crippen LogP contribution in [0, 0.1) is 0 Å². The molecule has 0 amide bonds. The van der Waals surface area contributed by atoms with Crippen molar-refractivity contribution >= 4 is 19.5 Å². The molecule has 1 fully saturated rings. The topological polar surface area (TPSA) is 170 Å². The van der Waals surface area contributed by atoms with E-state index in [9.17, 15) is 19.3 Å². The molecule has 15 heteroatoms. The molecule has 0 saturated carbocycles. The Morgan fingerprint density at radius 1 is 1.30 bits per heavy atom. The Hall–Kier alpha value is -2.87. The van der Waals surface area contributed by atoms with Gasteiger partial charge in [0.15, 0.2) is 17.7 Å². The molecule has 0 spiro atoms. The van der Waals surface area contributed by atoms with E-state index in [-0.39, 0.29) is 11.6 Å². The molecular weight excluding hydrogens is 514 g/mol. The monoisotopic (exact) mass is 544 g/mol. The smallest absolute Gasteiger partial charge is 0.459 e. The highest BCUT2D eigenvalue weighted by Gasteiger charge is 2.56.